The summed E-state index contributed by atoms with van der Waals surface area (Å²) < 4.78 is 16.1. The molecule has 0 aliphatic rings. The lowest BCUT2D eigenvalue weighted by Gasteiger charge is -2.41. The molecule has 0 heterocycles. The quantitative estimate of drug-likeness (QED) is 0.770. The van der Waals surface area contributed by atoms with Crippen molar-refractivity contribution in [1.29, 1.82) is 0 Å². The highest BCUT2D eigenvalue weighted by Gasteiger charge is 2.47. The van der Waals surface area contributed by atoms with Gasteiger partial charge in [-0.25, -0.2) is 9.59 Å². The van der Waals surface area contributed by atoms with Gasteiger partial charge in [-0.2, -0.15) is 0 Å². The summed E-state index contributed by atoms with van der Waals surface area (Å²) in [6.45, 7) is 10.3. The minimum Gasteiger partial charge on any atom is -0.497 e. The van der Waals surface area contributed by atoms with E-state index in [1.165, 1.54) is 18.9 Å². The van der Waals surface area contributed by atoms with E-state index in [2.05, 4.69) is 0 Å². The molecule has 1 atom stereocenters. The van der Waals surface area contributed by atoms with Crippen LogP contribution in [0.1, 0.15) is 47.1 Å². The highest BCUT2D eigenvalue weighted by atomic mass is 16.6. The fraction of sp³-hybridized carbons (Fsp3) is 0.600. The predicted octanol–water partition coefficient (Wildman–Crippen LogP) is 3.94. The SMILES string of the molecule is COc1ccc(CN(C(=O)OC(C)(C)C)[C@](C)(C(=O)O)C(C)C)c(OC)c1. The van der Waals surface area contributed by atoms with Crippen LogP contribution in [0.15, 0.2) is 18.2 Å². The Morgan fingerprint density at radius 1 is 1.11 bits per heavy atom. The number of methoxy groups -OCH3 is 2. The molecule has 0 saturated carbocycles. The molecular formula is C20H31NO6. The predicted molar refractivity (Wildman–Crippen MR) is 102 cm³/mol. The van der Waals surface area contributed by atoms with Crippen molar-refractivity contribution in [3.05, 3.63) is 23.8 Å². The molecular weight excluding hydrogens is 350 g/mol. The van der Waals surface area contributed by atoms with Gasteiger partial charge in [0, 0.05) is 11.6 Å². The van der Waals surface area contributed by atoms with Crippen molar-refractivity contribution in [3.63, 3.8) is 0 Å². The first-order chi connectivity index (χ1) is 12.4. The molecule has 7 heteroatoms. The number of rotatable bonds is 7. The molecule has 1 rings (SSSR count). The average molecular weight is 381 g/mol. The number of hydrogen-bond acceptors (Lipinski definition) is 5. The van der Waals surface area contributed by atoms with Crippen molar-refractivity contribution < 1.29 is 28.9 Å². The van der Waals surface area contributed by atoms with E-state index in [0.717, 1.165) is 0 Å². The largest absolute Gasteiger partial charge is 0.497 e. The van der Waals surface area contributed by atoms with E-state index < -0.39 is 23.2 Å². The molecule has 152 valence electrons. The summed E-state index contributed by atoms with van der Waals surface area (Å²) in [5.41, 5.74) is -1.57. The molecule has 0 saturated heterocycles. The summed E-state index contributed by atoms with van der Waals surface area (Å²) in [5, 5.41) is 9.91. The van der Waals surface area contributed by atoms with Crippen molar-refractivity contribution in [1.82, 2.24) is 4.90 Å². The highest BCUT2D eigenvalue weighted by molar-refractivity contribution is 5.84. The van der Waals surface area contributed by atoms with E-state index >= 15 is 0 Å². The zero-order chi connectivity index (χ0) is 21.0. The van der Waals surface area contributed by atoms with Gasteiger partial charge in [0.1, 0.15) is 22.6 Å². The Hall–Kier alpha value is -2.44. The maximum atomic E-state index is 12.9. The van der Waals surface area contributed by atoms with E-state index in [1.54, 1.807) is 59.9 Å². The minimum atomic E-state index is -1.47. The third kappa shape index (κ3) is 5.28. The molecule has 0 bridgehead atoms. The van der Waals surface area contributed by atoms with Crippen LogP contribution in [0.3, 0.4) is 0 Å². The first-order valence-corrected chi connectivity index (χ1v) is 8.81. The summed E-state index contributed by atoms with van der Waals surface area (Å²) >= 11 is 0. The second-order valence-electron chi connectivity index (χ2n) is 7.85. The molecule has 0 radical (unpaired) electrons. The van der Waals surface area contributed by atoms with E-state index in [4.69, 9.17) is 14.2 Å². The lowest BCUT2D eigenvalue weighted by molar-refractivity contribution is -0.153. The number of ether oxygens (including phenoxy) is 3. The first kappa shape index (κ1) is 22.6. The van der Waals surface area contributed by atoms with Gasteiger partial charge in [-0.05, 0) is 45.7 Å². The van der Waals surface area contributed by atoms with E-state index in [0.29, 0.717) is 17.1 Å². The Kier molecular flexibility index (Phi) is 7.11. The van der Waals surface area contributed by atoms with Crippen LogP contribution in [-0.2, 0) is 16.1 Å². The Morgan fingerprint density at radius 3 is 2.11 bits per heavy atom. The zero-order valence-electron chi connectivity index (χ0n) is 17.5. The van der Waals surface area contributed by atoms with E-state index in [1.807, 2.05) is 0 Å². The average Bonchev–Trinajstić information content (AvgIpc) is 2.56. The van der Waals surface area contributed by atoms with Crippen LogP contribution in [-0.4, -0.2) is 47.4 Å². The van der Waals surface area contributed by atoms with Gasteiger partial charge in [-0.15, -0.1) is 0 Å². The molecule has 0 unspecified atom stereocenters. The van der Waals surface area contributed by atoms with Crippen LogP contribution in [0.4, 0.5) is 4.79 Å². The van der Waals surface area contributed by atoms with Crippen molar-refractivity contribution >= 4 is 12.1 Å². The lowest BCUT2D eigenvalue weighted by Crippen LogP contribution is -2.58. The fourth-order valence-corrected chi connectivity index (χ4v) is 2.56. The van der Waals surface area contributed by atoms with Crippen LogP contribution in [0.2, 0.25) is 0 Å². The van der Waals surface area contributed by atoms with Crippen LogP contribution < -0.4 is 9.47 Å². The van der Waals surface area contributed by atoms with Crippen LogP contribution in [0, 0.1) is 5.92 Å². The number of carbonyl (C=O) groups excluding carboxylic acids is 1. The molecule has 1 aromatic rings. The number of carbonyl (C=O) groups is 2. The molecule has 1 amide bonds. The fourth-order valence-electron chi connectivity index (χ4n) is 2.56. The Balaban J connectivity index is 3.42. The number of amides is 1. The molecule has 7 nitrogen and oxygen atoms in total. The Bertz CT molecular complexity index is 680. The monoisotopic (exact) mass is 381 g/mol. The molecule has 0 aliphatic heterocycles. The van der Waals surface area contributed by atoms with E-state index in [-0.39, 0.29) is 12.5 Å². The van der Waals surface area contributed by atoms with Crippen molar-refractivity contribution in [3.8, 4) is 11.5 Å². The Labute approximate surface area is 161 Å². The second kappa shape index (κ2) is 8.50. The summed E-state index contributed by atoms with van der Waals surface area (Å²) in [4.78, 5) is 26.3. The van der Waals surface area contributed by atoms with Gasteiger partial charge >= 0.3 is 12.1 Å². The highest BCUT2D eigenvalue weighted by Crippen LogP contribution is 2.32. The van der Waals surface area contributed by atoms with Gasteiger partial charge in [0.25, 0.3) is 0 Å². The first-order valence-electron chi connectivity index (χ1n) is 8.81. The van der Waals surface area contributed by atoms with Crippen LogP contribution in [0.25, 0.3) is 0 Å². The maximum Gasteiger partial charge on any atom is 0.411 e. The molecule has 0 fully saturated rings. The Morgan fingerprint density at radius 2 is 1.70 bits per heavy atom. The lowest BCUT2D eigenvalue weighted by atomic mass is 9.86. The van der Waals surface area contributed by atoms with Crippen molar-refractivity contribution in [2.24, 2.45) is 5.92 Å². The van der Waals surface area contributed by atoms with Crippen molar-refractivity contribution in [2.45, 2.75) is 59.2 Å². The number of carboxylic acid groups (broad SMARTS) is 1. The number of benzene rings is 1. The van der Waals surface area contributed by atoms with Gasteiger partial charge in [0.2, 0.25) is 0 Å². The molecule has 1 N–H and O–H groups in total. The second-order valence-corrected chi connectivity index (χ2v) is 7.85. The zero-order valence-corrected chi connectivity index (χ0v) is 17.5. The summed E-state index contributed by atoms with van der Waals surface area (Å²) in [5.74, 6) is -0.355. The van der Waals surface area contributed by atoms with Gasteiger partial charge in [0.15, 0.2) is 0 Å². The number of carboxylic acids is 1. The van der Waals surface area contributed by atoms with E-state index in [9.17, 15) is 14.7 Å². The standard InChI is InChI=1S/C20H31NO6/c1-13(2)20(6,17(22)23)21(18(24)27-19(3,4)5)12-14-9-10-15(25-7)11-16(14)26-8/h9-11,13H,12H2,1-8H3,(H,22,23)/t20-/m0/s1. The van der Waals surface area contributed by atoms with Gasteiger partial charge < -0.3 is 19.3 Å². The minimum absolute atomic E-state index is 0.0169. The molecule has 27 heavy (non-hydrogen) atoms. The molecule has 0 spiro atoms. The third-order valence-corrected chi connectivity index (χ3v) is 4.55. The van der Waals surface area contributed by atoms with Gasteiger partial charge in [-0.1, -0.05) is 13.8 Å². The topological polar surface area (TPSA) is 85.3 Å². The summed E-state index contributed by atoms with van der Waals surface area (Å²) in [6.07, 6.45) is -0.695. The number of aliphatic carboxylic acids is 1. The number of hydrogen-bond donors (Lipinski definition) is 1. The van der Waals surface area contributed by atoms with Crippen LogP contribution >= 0.6 is 0 Å². The molecule has 0 aliphatic carbocycles. The third-order valence-electron chi connectivity index (χ3n) is 4.55. The molecule has 0 aromatic heterocycles. The molecule has 1 aromatic carbocycles. The summed E-state index contributed by atoms with van der Waals surface area (Å²) in [6, 6.07) is 5.17. The normalized spacial score (nSPS) is 13.7. The number of nitrogens with zero attached hydrogens (tertiary/aromatic N) is 1. The van der Waals surface area contributed by atoms with Gasteiger partial charge in [0.05, 0.1) is 20.8 Å². The van der Waals surface area contributed by atoms with Crippen LogP contribution in [0.5, 0.6) is 11.5 Å². The summed E-state index contributed by atoms with van der Waals surface area (Å²) in [7, 11) is 3.05. The van der Waals surface area contributed by atoms with Gasteiger partial charge in [-0.3, -0.25) is 4.90 Å². The maximum absolute atomic E-state index is 12.9. The van der Waals surface area contributed by atoms with Crippen molar-refractivity contribution in [2.75, 3.05) is 14.2 Å². The smallest absolute Gasteiger partial charge is 0.411 e.